The summed E-state index contributed by atoms with van der Waals surface area (Å²) in [4.78, 5) is 12.4. The summed E-state index contributed by atoms with van der Waals surface area (Å²) in [5.74, 6) is 0.173. The lowest BCUT2D eigenvalue weighted by Gasteiger charge is -2.42. The van der Waals surface area contributed by atoms with Crippen LogP contribution in [0.15, 0.2) is 29.1 Å². The van der Waals surface area contributed by atoms with Crippen molar-refractivity contribution in [3.05, 3.63) is 51.3 Å². The molecule has 1 aromatic heterocycles. The van der Waals surface area contributed by atoms with E-state index in [1.165, 1.54) is 6.07 Å². The van der Waals surface area contributed by atoms with Gasteiger partial charge in [-0.2, -0.15) is 5.26 Å². The number of aryl methyl sites for hydroxylation is 1. The van der Waals surface area contributed by atoms with Crippen molar-refractivity contribution in [2.45, 2.75) is 38.5 Å². The van der Waals surface area contributed by atoms with Gasteiger partial charge in [0.2, 0.25) is 5.88 Å². The van der Waals surface area contributed by atoms with Crippen LogP contribution in [0.5, 0.6) is 11.6 Å². The smallest absolute Gasteiger partial charge is 0.267 e. The molecule has 0 saturated heterocycles. The predicted octanol–water partition coefficient (Wildman–Crippen LogP) is 1.25. The first-order chi connectivity index (χ1) is 11.2. The summed E-state index contributed by atoms with van der Waals surface area (Å²) in [7, 11) is 0. The first-order valence-corrected chi connectivity index (χ1v) is 7.45. The Morgan fingerprint density at radius 2 is 2.08 bits per heavy atom. The van der Waals surface area contributed by atoms with Crippen LogP contribution in [0.25, 0.3) is 0 Å². The second-order valence-electron chi connectivity index (χ2n) is 6.39. The molecule has 7 heteroatoms. The lowest BCUT2D eigenvalue weighted by molar-refractivity contribution is -0.0669. The van der Waals surface area contributed by atoms with Crippen LogP contribution in [0.4, 0.5) is 0 Å². The molecular formula is C17H17N3O4. The van der Waals surface area contributed by atoms with Crippen molar-refractivity contribution >= 4 is 0 Å². The molecule has 2 N–H and O–H groups in total. The number of nitriles is 1. The first-order valence-electron chi connectivity index (χ1n) is 7.45. The van der Waals surface area contributed by atoms with Gasteiger partial charge in [0.05, 0.1) is 11.6 Å². The van der Waals surface area contributed by atoms with E-state index >= 15 is 0 Å². The molecule has 0 unspecified atom stereocenters. The minimum atomic E-state index is -1.11. The highest BCUT2D eigenvalue weighted by Gasteiger charge is 2.45. The zero-order valence-electron chi connectivity index (χ0n) is 13.5. The number of aliphatic hydroxyl groups excluding tert-OH is 1. The molecule has 0 amide bonds. The molecule has 1 aliphatic rings. The lowest BCUT2D eigenvalue weighted by atomic mass is 9.86. The van der Waals surface area contributed by atoms with Crippen molar-refractivity contribution in [1.29, 1.82) is 5.26 Å². The molecule has 2 aromatic rings. The largest absolute Gasteiger partial charge is 0.492 e. The SMILES string of the molecule is Cc1cc(=O)n([C@H]2c3cc(C#N)ccc3OC(C)(C)[C@@H]2O)nc1O. The van der Waals surface area contributed by atoms with Crippen molar-refractivity contribution in [3.63, 3.8) is 0 Å². The minimum absolute atomic E-state index is 0.288. The first kappa shape index (κ1) is 16.0. The molecule has 24 heavy (non-hydrogen) atoms. The third-order valence-electron chi connectivity index (χ3n) is 4.23. The fraction of sp³-hybridized carbons (Fsp3) is 0.353. The molecule has 7 nitrogen and oxygen atoms in total. The molecule has 0 aliphatic carbocycles. The average molecular weight is 327 g/mol. The number of benzene rings is 1. The second-order valence-corrected chi connectivity index (χ2v) is 6.39. The van der Waals surface area contributed by atoms with Crippen LogP contribution in [-0.2, 0) is 0 Å². The van der Waals surface area contributed by atoms with Gasteiger partial charge in [0.15, 0.2) is 0 Å². The minimum Gasteiger partial charge on any atom is -0.492 e. The number of hydrogen-bond acceptors (Lipinski definition) is 6. The van der Waals surface area contributed by atoms with Gasteiger partial charge < -0.3 is 14.9 Å². The summed E-state index contributed by atoms with van der Waals surface area (Å²) in [5.41, 5.74) is -0.242. The summed E-state index contributed by atoms with van der Waals surface area (Å²) in [6.45, 7) is 4.97. The summed E-state index contributed by atoms with van der Waals surface area (Å²) in [5, 5.41) is 33.7. The number of hydrogen-bond donors (Lipinski definition) is 2. The Morgan fingerprint density at radius 1 is 1.38 bits per heavy atom. The molecule has 0 saturated carbocycles. The Bertz CT molecular complexity index is 911. The van der Waals surface area contributed by atoms with Crippen LogP contribution < -0.4 is 10.3 Å². The van der Waals surface area contributed by atoms with Gasteiger partial charge >= 0.3 is 0 Å². The van der Waals surface area contributed by atoms with E-state index in [-0.39, 0.29) is 5.88 Å². The van der Waals surface area contributed by atoms with Crippen molar-refractivity contribution < 1.29 is 14.9 Å². The standard InChI is InChI=1S/C17H17N3O4/c1-9-6-13(21)20(19-16(9)23)14-11-7-10(8-18)4-5-12(11)24-17(2,3)15(14)22/h4-7,14-15,22H,1-3H3,(H,19,23)/t14-,15+/m0/s1. The van der Waals surface area contributed by atoms with E-state index in [1.807, 2.05) is 6.07 Å². The van der Waals surface area contributed by atoms with E-state index in [9.17, 15) is 15.0 Å². The number of rotatable bonds is 1. The highest BCUT2D eigenvalue weighted by molar-refractivity contribution is 5.46. The van der Waals surface area contributed by atoms with Crippen molar-refractivity contribution in [1.82, 2.24) is 9.78 Å². The quantitative estimate of drug-likeness (QED) is 0.816. The fourth-order valence-electron chi connectivity index (χ4n) is 2.85. The van der Waals surface area contributed by atoms with Gasteiger partial charge in [0, 0.05) is 17.2 Å². The van der Waals surface area contributed by atoms with E-state index < -0.39 is 23.3 Å². The fourth-order valence-corrected chi connectivity index (χ4v) is 2.85. The van der Waals surface area contributed by atoms with Crippen molar-refractivity contribution in [2.24, 2.45) is 0 Å². The molecule has 0 fully saturated rings. The van der Waals surface area contributed by atoms with Gasteiger partial charge in [-0.15, -0.1) is 5.10 Å². The lowest BCUT2D eigenvalue weighted by Crippen LogP contribution is -2.52. The molecule has 1 aromatic carbocycles. The van der Waals surface area contributed by atoms with Gasteiger partial charge in [-0.05, 0) is 39.0 Å². The van der Waals surface area contributed by atoms with E-state index in [0.717, 1.165) is 4.68 Å². The maximum absolute atomic E-state index is 12.4. The van der Waals surface area contributed by atoms with Crippen LogP contribution in [0.2, 0.25) is 0 Å². The monoisotopic (exact) mass is 327 g/mol. The Labute approximate surface area is 138 Å². The average Bonchev–Trinajstić information content (AvgIpc) is 2.52. The number of fused-ring (bicyclic) bond motifs is 1. The number of aromatic nitrogens is 2. The van der Waals surface area contributed by atoms with Crippen LogP contribution >= 0.6 is 0 Å². The molecule has 2 atom stereocenters. The van der Waals surface area contributed by atoms with Crippen molar-refractivity contribution in [2.75, 3.05) is 0 Å². The Morgan fingerprint density at radius 3 is 2.75 bits per heavy atom. The molecule has 3 rings (SSSR count). The van der Waals surface area contributed by atoms with E-state index in [0.29, 0.717) is 22.4 Å². The zero-order chi connectivity index (χ0) is 17.6. The molecule has 124 valence electrons. The van der Waals surface area contributed by atoms with Crippen LogP contribution in [0.1, 0.15) is 36.6 Å². The van der Waals surface area contributed by atoms with Gasteiger partial charge in [-0.3, -0.25) is 4.79 Å². The normalized spacial score (nSPS) is 21.5. The summed E-state index contributed by atoms with van der Waals surface area (Å²) in [6, 6.07) is 7.20. The Balaban J connectivity index is 2.29. The molecule has 0 radical (unpaired) electrons. The van der Waals surface area contributed by atoms with Gasteiger partial charge in [0.25, 0.3) is 5.56 Å². The van der Waals surface area contributed by atoms with Gasteiger partial charge in [-0.1, -0.05) is 0 Å². The maximum Gasteiger partial charge on any atom is 0.267 e. The number of nitrogens with zero attached hydrogens (tertiary/aromatic N) is 3. The van der Waals surface area contributed by atoms with Gasteiger partial charge in [0.1, 0.15) is 23.5 Å². The van der Waals surface area contributed by atoms with Crippen LogP contribution in [0.3, 0.4) is 0 Å². The molecule has 0 spiro atoms. The van der Waals surface area contributed by atoms with E-state index in [1.54, 1.807) is 39.0 Å². The van der Waals surface area contributed by atoms with Crippen molar-refractivity contribution in [3.8, 4) is 17.7 Å². The molecule has 1 aliphatic heterocycles. The predicted molar refractivity (Wildman–Crippen MR) is 84.9 cm³/mol. The van der Waals surface area contributed by atoms with Crippen LogP contribution in [-0.4, -0.2) is 31.7 Å². The second kappa shape index (κ2) is 5.35. The van der Waals surface area contributed by atoms with Crippen LogP contribution in [0, 0.1) is 18.3 Å². The maximum atomic E-state index is 12.4. The third kappa shape index (κ3) is 2.41. The summed E-state index contributed by atoms with van der Waals surface area (Å²) < 4.78 is 6.85. The number of aromatic hydroxyl groups is 1. The molecule has 2 heterocycles. The highest BCUT2D eigenvalue weighted by Crippen LogP contribution is 2.41. The number of ether oxygens (including phenoxy) is 1. The highest BCUT2D eigenvalue weighted by atomic mass is 16.5. The summed E-state index contributed by atoms with van der Waals surface area (Å²) in [6.07, 6.45) is -1.11. The Kier molecular flexibility index (Phi) is 3.57. The number of aliphatic hydroxyl groups is 1. The van der Waals surface area contributed by atoms with Gasteiger partial charge in [-0.25, -0.2) is 4.68 Å². The Hall–Kier alpha value is -2.85. The topological polar surface area (TPSA) is 108 Å². The zero-order valence-corrected chi connectivity index (χ0v) is 13.5. The van der Waals surface area contributed by atoms with E-state index in [2.05, 4.69) is 5.10 Å². The summed E-state index contributed by atoms with van der Waals surface area (Å²) >= 11 is 0. The third-order valence-corrected chi connectivity index (χ3v) is 4.23. The molecular weight excluding hydrogens is 310 g/mol. The molecule has 0 bridgehead atoms. The van der Waals surface area contributed by atoms with E-state index in [4.69, 9.17) is 10.00 Å².